The number of halogens is 3. The Bertz CT molecular complexity index is 796. The quantitative estimate of drug-likeness (QED) is 0.611. The van der Waals surface area contributed by atoms with Gasteiger partial charge in [0.1, 0.15) is 17.6 Å². The molecule has 0 radical (unpaired) electrons. The van der Waals surface area contributed by atoms with Gasteiger partial charge in [0.05, 0.1) is 15.6 Å². The Hall–Kier alpha value is -2.11. The van der Waals surface area contributed by atoms with Gasteiger partial charge < -0.3 is 10.1 Å². The molecular formula is C18H16Cl2FNO3. The van der Waals surface area contributed by atoms with Crippen LogP contribution in [0.2, 0.25) is 10.0 Å². The van der Waals surface area contributed by atoms with Crippen molar-refractivity contribution < 1.29 is 18.7 Å². The predicted molar refractivity (Wildman–Crippen MR) is 94.6 cm³/mol. The molecule has 1 amide bonds. The summed E-state index contributed by atoms with van der Waals surface area (Å²) in [5.41, 5.74) is -0.143. The first-order chi connectivity index (χ1) is 11.8. The van der Waals surface area contributed by atoms with Crippen LogP contribution in [-0.4, -0.2) is 17.9 Å². The number of amides is 1. The number of carbonyl (C=O) groups is 2. The summed E-state index contributed by atoms with van der Waals surface area (Å²) in [4.78, 5) is 24.6. The number of benzene rings is 2. The number of ether oxygens (including phenoxy) is 1. The minimum absolute atomic E-state index is 0.143. The lowest BCUT2D eigenvalue weighted by molar-refractivity contribution is -0.137. The van der Waals surface area contributed by atoms with E-state index in [9.17, 15) is 14.0 Å². The second-order valence-electron chi connectivity index (χ2n) is 5.67. The van der Waals surface area contributed by atoms with Crippen molar-refractivity contribution >= 4 is 35.1 Å². The molecule has 0 spiro atoms. The number of hydrogen-bond donors (Lipinski definition) is 1. The molecule has 25 heavy (non-hydrogen) atoms. The fraction of sp³-hybridized carbons (Fsp3) is 0.222. The molecule has 2 rings (SSSR count). The van der Waals surface area contributed by atoms with Gasteiger partial charge in [0, 0.05) is 6.07 Å². The van der Waals surface area contributed by atoms with Crippen LogP contribution in [0.4, 0.5) is 4.39 Å². The summed E-state index contributed by atoms with van der Waals surface area (Å²) in [6.45, 7) is 3.48. The highest BCUT2D eigenvalue weighted by molar-refractivity contribution is 6.42. The third-order valence-corrected chi connectivity index (χ3v) is 4.17. The molecule has 0 aliphatic rings. The van der Waals surface area contributed by atoms with Gasteiger partial charge in [-0.3, -0.25) is 4.79 Å². The van der Waals surface area contributed by atoms with Crippen molar-refractivity contribution in [1.29, 1.82) is 0 Å². The number of hydrogen-bond acceptors (Lipinski definition) is 3. The topological polar surface area (TPSA) is 55.4 Å². The number of carbonyl (C=O) groups excluding carboxylic acids is 2. The van der Waals surface area contributed by atoms with Crippen LogP contribution in [-0.2, 0) is 4.79 Å². The largest absolute Gasteiger partial charge is 0.425 e. The highest BCUT2D eigenvalue weighted by Gasteiger charge is 2.27. The first kappa shape index (κ1) is 19.2. The fourth-order valence-corrected chi connectivity index (χ4v) is 2.37. The Morgan fingerprint density at radius 1 is 1.08 bits per heavy atom. The van der Waals surface area contributed by atoms with E-state index in [4.69, 9.17) is 27.9 Å². The van der Waals surface area contributed by atoms with E-state index in [0.717, 1.165) is 0 Å². The molecule has 132 valence electrons. The summed E-state index contributed by atoms with van der Waals surface area (Å²) in [7, 11) is 0. The monoisotopic (exact) mass is 383 g/mol. The van der Waals surface area contributed by atoms with Crippen LogP contribution in [0.15, 0.2) is 42.5 Å². The molecule has 0 aromatic heterocycles. The van der Waals surface area contributed by atoms with Crippen molar-refractivity contribution in [1.82, 2.24) is 5.32 Å². The van der Waals surface area contributed by atoms with Crippen molar-refractivity contribution in [2.45, 2.75) is 19.9 Å². The molecule has 2 aromatic rings. The van der Waals surface area contributed by atoms with Gasteiger partial charge in [0.15, 0.2) is 0 Å². The van der Waals surface area contributed by atoms with Crippen LogP contribution in [0.5, 0.6) is 5.75 Å². The molecule has 0 unspecified atom stereocenters. The van der Waals surface area contributed by atoms with E-state index in [1.165, 1.54) is 42.5 Å². The summed E-state index contributed by atoms with van der Waals surface area (Å²) in [6.07, 6.45) is 0. The molecule has 0 aliphatic carbocycles. The predicted octanol–water partition coefficient (Wildman–Crippen LogP) is 4.49. The maximum Gasteiger partial charge on any atom is 0.334 e. The molecule has 2 aromatic carbocycles. The zero-order valence-corrected chi connectivity index (χ0v) is 15.1. The van der Waals surface area contributed by atoms with Crippen LogP contribution in [0.3, 0.4) is 0 Å². The molecule has 1 atom stereocenters. The Morgan fingerprint density at radius 2 is 1.76 bits per heavy atom. The first-order valence-electron chi connectivity index (χ1n) is 7.51. The summed E-state index contributed by atoms with van der Waals surface area (Å²) < 4.78 is 19.0. The van der Waals surface area contributed by atoms with Crippen LogP contribution in [0.25, 0.3) is 0 Å². The molecule has 0 heterocycles. The molecule has 0 aliphatic heterocycles. The van der Waals surface area contributed by atoms with Gasteiger partial charge in [-0.2, -0.15) is 0 Å². The van der Waals surface area contributed by atoms with Crippen LogP contribution in [0, 0.1) is 11.7 Å². The van der Waals surface area contributed by atoms with Gasteiger partial charge in [-0.15, -0.1) is 0 Å². The lowest BCUT2D eigenvalue weighted by Crippen LogP contribution is -2.46. The van der Waals surface area contributed by atoms with Gasteiger partial charge in [0.25, 0.3) is 5.91 Å². The van der Waals surface area contributed by atoms with E-state index in [-0.39, 0.29) is 22.3 Å². The van der Waals surface area contributed by atoms with Gasteiger partial charge in [-0.25, -0.2) is 9.18 Å². The second-order valence-corrected chi connectivity index (χ2v) is 6.49. The van der Waals surface area contributed by atoms with Gasteiger partial charge in [-0.05, 0) is 30.2 Å². The van der Waals surface area contributed by atoms with E-state index in [1.807, 2.05) is 0 Å². The Labute approximate surface area is 154 Å². The lowest BCUT2D eigenvalue weighted by Gasteiger charge is -2.21. The van der Waals surface area contributed by atoms with Crippen molar-refractivity contribution in [3.63, 3.8) is 0 Å². The van der Waals surface area contributed by atoms with Gasteiger partial charge >= 0.3 is 5.97 Å². The van der Waals surface area contributed by atoms with Crippen LogP contribution >= 0.6 is 23.2 Å². The van der Waals surface area contributed by atoms with E-state index in [1.54, 1.807) is 13.8 Å². The highest BCUT2D eigenvalue weighted by atomic mass is 35.5. The molecular weight excluding hydrogens is 368 g/mol. The molecule has 7 heteroatoms. The lowest BCUT2D eigenvalue weighted by atomic mass is 10.0. The molecule has 0 bridgehead atoms. The third kappa shape index (κ3) is 4.94. The standard InChI is InChI=1S/C18H16Cl2FNO3/c1-10(2)16(22-17(23)12-5-3-4-6-15(12)21)18(24)25-11-7-8-13(19)14(20)9-11/h3-10,16H,1-2H3,(H,22,23)/t16-/m0/s1. The van der Waals surface area contributed by atoms with Gasteiger partial charge in [0.2, 0.25) is 0 Å². The minimum atomic E-state index is -0.957. The zero-order chi connectivity index (χ0) is 18.6. The van der Waals surface area contributed by atoms with E-state index in [2.05, 4.69) is 5.32 Å². The smallest absolute Gasteiger partial charge is 0.334 e. The zero-order valence-electron chi connectivity index (χ0n) is 13.6. The van der Waals surface area contributed by atoms with Crippen molar-refractivity contribution in [3.05, 3.63) is 63.9 Å². The van der Waals surface area contributed by atoms with E-state index < -0.39 is 23.7 Å². The summed E-state index contributed by atoms with van der Waals surface area (Å²) in [5, 5.41) is 3.07. The number of nitrogens with one attached hydrogen (secondary N) is 1. The average Bonchev–Trinajstić information content (AvgIpc) is 2.55. The normalized spacial score (nSPS) is 11.9. The SMILES string of the molecule is CC(C)[C@H](NC(=O)c1ccccc1F)C(=O)Oc1ccc(Cl)c(Cl)c1. The first-order valence-corrected chi connectivity index (χ1v) is 8.27. The summed E-state index contributed by atoms with van der Waals surface area (Å²) in [5.74, 6) is -2.11. The van der Waals surface area contributed by atoms with Crippen molar-refractivity contribution in [2.24, 2.45) is 5.92 Å². The van der Waals surface area contributed by atoms with Crippen LogP contribution in [0.1, 0.15) is 24.2 Å². The second kappa shape index (κ2) is 8.32. The van der Waals surface area contributed by atoms with E-state index >= 15 is 0 Å². The maximum atomic E-state index is 13.7. The molecule has 0 fully saturated rings. The fourth-order valence-electron chi connectivity index (χ4n) is 2.08. The van der Waals surface area contributed by atoms with Crippen molar-refractivity contribution in [3.8, 4) is 5.75 Å². The van der Waals surface area contributed by atoms with Gasteiger partial charge in [-0.1, -0.05) is 49.2 Å². The Balaban J connectivity index is 2.14. The average molecular weight is 384 g/mol. The molecule has 1 N–H and O–H groups in total. The maximum absolute atomic E-state index is 13.7. The number of rotatable bonds is 5. The van der Waals surface area contributed by atoms with Crippen LogP contribution < -0.4 is 10.1 Å². The minimum Gasteiger partial charge on any atom is -0.425 e. The molecule has 0 saturated heterocycles. The van der Waals surface area contributed by atoms with Crippen molar-refractivity contribution in [2.75, 3.05) is 0 Å². The highest BCUT2D eigenvalue weighted by Crippen LogP contribution is 2.26. The summed E-state index contributed by atoms with van der Waals surface area (Å²) in [6, 6.07) is 8.96. The number of esters is 1. The molecule has 4 nitrogen and oxygen atoms in total. The van der Waals surface area contributed by atoms with E-state index in [0.29, 0.717) is 5.02 Å². The molecule has 0 saturated carbocycles. The summed E-state index contributed by atoms with van der Waals surface area (Å²) >= 11 is 11.7. The Morgan fingerprint density at radius 3 is 2.36 bits per heavy atom. The Kier molecular flexibility index (Phi) is 6.39. The third-order valence-electron chi connectivity index (χ3n) is 3.44.